The van der Waals surface area contributed by atoms with E-state index in [9.17, 15) is 4.79 Å². The van der Waals surface area contributed by atoms with Crippen LogP contribution in [0.1, 0.15) is 49.4 Å². The average Bonchev–Trinajstić information content (AvgIpc) is 3.33. The van der Waals surface area contributed by atoms with E-state index in [2.05, 4.69) is 9.72 Å². The summed E-state index contributed by atoms with van der Waals surface area (Å²) in [5.41, 5.74) is 3.65. The van der Waals surface area contributed by atoms with Gasteiger partial charge in [-0.1, -0.05) is 13.8 Å². The molecule has 0 saturated heterocycles. The number of methoxy groups -OCH3 is 2. The fourth-order valence-corrected chi connectivity index (χ4v) is 4.38. The van der Waals surface area contributed by atoms with Crippen molar-refractivity contribution < 1.29 is 22.5 Å². The smallest absolute Gasteiger partial charge is 0.358 e. The van der Waals surface area contributed by atoms with Gasteiger partial charge in [-0.25, -0.2) is 9.78 Å². The molecule has 0 spiro atoms. The molecular formula is C22H24N2O3S. The van der Waals surface area contributed by atoms with Gasteiger partial charge in [-0.2, -0.15) is 11.3 Å². The number of aromatic nitrogens is 2. The molecule has 0 aliphatic carbocycles. The average molecular weight is 403 g/mol. The monoisotopic (exact) mass is 402 g/mol. The van der Waals surface area contributed by atoms with Gasteiger partial charge in [0.05, 0.1) is 33.7 Å². The highest BCUT2D eigenvalue weighted by atomic mass is 32.1. The van der Waals surface area contributed by atoms with Crippen molar-refractivity contribution in [3.05, 3.63) is 51.5 Å². The Hall–Kier alpha value is -2.60. The number of carbonyl (C=O) groups is 1. The highest BCUT2D eigenvalue weighted by Gasteiger charge is 2.29. The van der Waals surface area contributed by atoms with Crippen LogP contribution in [0.4, 0.5) is 0 Å². The van der Waals surface area contributed by atoms with Crippen molar-refractivity contribution in [2.24, 2.45) is 5.92 Å². The van der Waals surface area contributed by atoms with Gasteiger partial charge in [0.25, 0.3) is 0 Å². The molecule has 1 aromatic carbocycles. The van der Waals surface area contributed by atoms with Gasteiger partial charge in [0.15, 0.2) is 5.69 Å². The summed E-state index contributed by atoms with van der Waals surface area (Å²) < 4.78 is 56.4. The Morgan fingerprint density at radius 3 is 2.96 bits per heavy atom. The largest absolute Gasteiger partial charge is 0.496 e. The molecule has 0 unspecified atom stereocenters. The molecule has 1 aliphatic rings. The van der Waals surface area contributed by atoms with Crippen LogP contribution in [0.15, 0.2) is 29.0 Å². The Balaban J connectivity index is 1.91. The number of thiophene rings is 1. The molecule has 28 heavy (non-hydrogen) atoms. The van der Waals surface area contributed by atoms with Crippen LogP contribution in [0.5, 0.6) is 5.75 Å². The Morgan fingerprint density at radius 2 is 2.25 bits per heavy atom. The minimum atomic E-state index is -2.88. The van der Waals surface area contributed by atoms with E-state index >= 15 is 0 Å². The number of ether oxygens (including phenoxy) is 2. The van der Waals surface area contributed by atoms with Crippen LogP contribution < -0.4 is 4.74 Å². The summed E-state index contributed by atoms with van der Waals surface area (Å²) in [4.78, 5) is 17.2. The van der Waals surface area contributed by atoms with Crippen LogP contribution in [-0.2, 0) is 24.0 Å². The molecule has 5 nitrogen and oxygen atoms in total. The van der Waals surface area contributed by atoms with Gasteiger partial charge in [-0.3, -0.25) is 4.57 Å². The number of nitrogens with zero attached hydrogens (tertiary/aromatic N) is 2. The molecule has 4 rings (SSSR count). The number of aryl methyl sites for hydroxylation is 1. The summed E-state index contributed by atoms with van der Waals surface area (Å²) in [5, 5.41) is 3.78. The van der Waals surface area contributed by atoms with Crippen LogP contribution in [0.2, 0.25) is 0 Å². The molecule has 2 aromatic heterocycles. The molecule has 0 bridgehead atoms. The van der Waals surface area contributed by atoms with Gasteiger partial charge < -0.3 is 9.47 Å². The zero-order chi connectivity index (χ0) is 24.8. The summed E-state index contributed by atoms with van der Waals surface area (Å²) in [7, 11) is -5.46. The molecule has 3 heterocycles. The highest BCUT2D eigenvalue weighted by Crippen LogP contribution is 2.37. The van der Waals surface area contributed by atoms with E-state index < -0.39 is 20.0 Å². The lowest BCUT2D eigenvalue weighted by molar-refractivity contribution is 0.0593. The number of carbonyl (C=O) groups excluding carboxylic acids is 1. The van der Waals surface area contributed by atoms with Gasteiger partial charge in [0, 0.05) is 10.9 Å². The maximum Gasteiger partial charge on any atom is 0.358 e. The first-order valence-electron chi connectivity index (χ1n) is 12.0. The third-order valence-electron chi connectivity index (χ3n) is 4.91. The van der Waals surface area contributed by atoms with Crippen molar-refractivity contribution in [2.45, 2.75) is 33.1 Å². The maximum atomic E-state index is 12.7. The Morgan fingerprint density at radius 1 is 1.36 bits per heavy atom. The molecule has 0 N–H and O–H groups in total. The van der Waals surface area contributed by atoms with Gasteiger partial charge >= 0.3 is 5.97 Å². The third kappa shape index (κ3) is 3.11. The summed E-state index contributed by atoms with van der Waals surface area (Å²) >= 11 is 1.47. The highest BCUT2D eigenvalue weighted by molar-refractivity contribution is 7.08. The molecule has 3 aromatic rings. The molecular weight excluding hydrogens is 372 g/mol. The van der Waals surface area contributed by atoms with E-state index in [0.717, 1.165) is 22.4 Å². The lowest BCUT2D eigenvalue weighted by atomic mass is 9.94. The van der Waals surface area contributed by atoms with Crippen molar-refractivity contribution >= 4 is 17.3 Å². The topological polar surface area (TPSA) is 53.3 Å². The molecule has 146 valence electrons. The quantitative estimate of drug-likeness (QED) is 0.581. The first-order chi connectivity index (χ1) is 15.8. The van der Waals surface area contributed by atoms with Crippen molar-refractivity contribution in [1.82, 2.24) is 9.55 Å². The number of hydrogen-bond donors (Lipinski definition) is 0. The van der Waals surface area contributed by atoms with Crippen LogP contribution in [0.3, 0.4) is 0 Å². The fourth-order valence-electron chi connectivity index (χ4n) is 3.75. The van der Waals surface area contributed by atoms with E-state index in [4.69, 9.17) is 13.0 Å². The number of hydrogen-bond acceptors (Lipinski definition) is 5. The second-order valence-electron chi connectivity index (χ2n) is 7.26. The number of fused-ring (bicyclic) bond motifs is 3. The molecule has 0 saturated carbocycles. The lowest BCUT2D eigenvalue weighted by Gasteiger charge is -2.24. The van der Waals surface area contributed by atoms with E-state index in [1.54, 1.807) is 6.07 Å². The molecule has 0 amide bonds. The van der Waals surface area contributed by atoms with Crippen molar-refractivity contribution in [2.75, 3.05) is 14.1 Å². The normalized spacial score (nSPS) is 16.7. The predicted octanol–water partition coefficient (Wildman–Crippen LogP) is 4.69. The second kappa shape index (κ2) is 7.43. The predicted molar refractivity (Wildman–Crippen MR) is 111 cm³/mol. The van der Waals surface area contributed by atoms with Crippen molar-refractivity contribution in [3.8, 4) is 22.8 Å². The molecule has 0 radical (unpaired) electrons. The van der Waals surface area contributed by atoms with E-state index in [0.29, 0.717) is 36.5 Å². The number of rotatable bonds is 5. The SMILES string of the molecule is [2H]C([2H])([2H])OC(=O)c1nc(-c2ccsc2)n2c1CCc1cc(OC([2H])([2H])[2H])c(CC(C)C)cc1-2. The molecule has 6 heteroatoms. The minimum Gasteiger partial charge on any atom is -0.496 e. The zero-order valence-corrected chi connectivity index (χ0v) is 16.4. The Kier molecular flexibility index (Phi) is 3.39. The number of esters is 1. The molecule has 0 atom stereocenters. The summed E-state index contributed by atoms with van der Waals surface area (Å²) in [6, 6.07) is 5.50. The van der Waals surface area contributed by atoms with E-state index in [1.165, 1.54) is 11.3 Å². The van der Waals surface area contributed by atoms with Gasteiger partial charge in [-0.15, -0.1) is 0 Å². The van der Waals surface area contributed by atoms with E-state index in [-0.39, 0.29) is 11.6 Å². The van der Waals surface area contributed by atoms with E-state index in [1.807, 2.05) is 41.3 Å². The molecule has 1 aliphatic heterocycles. The van der Waals surface area contributed by atoms with Gasteiger partial charge in [-0.05, 0) is 59.9 Å². The van der Waals surface area contributed by atoms with Crippen LogP contribution in [0.25, 0.3) is 17.1 Å². The number of benzene rings is 1. The van der Waals surface area contributed by atoms with Gasteiger partial charge in [0.2, 0.25) is 0 Å². The molecule has 0 fully saturated rings. The first-order valence-corrected chi connectivity index (χ1v) is 9.99. The third-order valence-corrected chi connectivity index (χ3v) is 5.59. The van der Waals surface area contributed by atoms with Crippen molar-refractivity contribution in [3.63, 3.8) is 0 Å². The standard InChI is InChI=1S/C22H24N2O3S/c1-13(2)9-16-10-18-14(11-19(16)26-3)5-6-17-20(22(25)27-4)23-21(24(17)18)15-7-8-28-12-15/h7-8,10-13H,5-6,9H2,1-4H3/i3D3,4D3. The fraction of sp³-hybridized carbons (Fsp3) is 0.364. The lowest BCUT2D eigenvalue weighted by Crippen LogP contribution is -2.16. The number of imidazole rings is 1. The summed E-state index contributed by atoms with van der Waals surface area (Å²) in [6.07, 6.45) is 1.48. The van der Waals surface area contributed by atoms with Crippen molar-refractivity contribution in [1.29, 1.82) is 0 Å². The minimum absolute atomic E-state index is 0.0313. The van der Waals surface area contributed by atoms with Crippen LogP contribution in [0, 0.1) is 5.92 Å². The second-order valence-corrected chi connectivity index (χ2v) is 8.04. The van der Waals surface area contributed by atoms with Crippen LogP contribution >= 0.6 is 11.3 Å². The maximum absolute atomic E-state index is 12.7. The Labute approximate surface area is 177 Å². The van der Waals surface area contributed by atoms with Crippen LogP contribution in [-0.4, -0.2) is 29.6 Å². The first kappa shape index (κ1) is 12.8. The Bertz CT molecular complexity index is 1210. The summed E-state index contributed by atoms with van der Waals surface area (Å²) in [5.74, 6) is 0.0484. The van der Waals surface area contributed by atoms with Gasteiger partial charge in [0.1, 0.15) is 11.6 Å². The summed E-state index contributed by atoms with van der Waals surface area (Å²) in [6.45, 7) is 4.06. The zero-order valence-electron chi connectivity index (χ0n) is 21.6.